The van der Waals surface area contributed by atoms with Crippen molar-refractivity contribution in [3.63, 3.8) is 0 Å². The monoisotopic (exact) mass is 334 g/mol. The minimum atomic E-state index is -0.551. The van der Waals surface area contributed by atoms with Gasteiger partial charge in [-0.3, -0.25) is 15.1 Å². The number of pyridine rings is 1. The number of hydrogen-bond donors (Lipinski definition) is 1. The van der Waals surface area contributed by atoms with E-state index in [2.05, 4.69) is 10.3 Å². The van der Waals surface area contributed by atoms with Crippen molar-refractivity contribution < 1.29 is 14.5 Å². The molecular formula is C16H22N4O4. The van der Waals surface area contributed by atoms with Gasteiger partial charge < -0.3 is 15.0 Å². The summed E-state index contributed by atoms with van der Waals surface area (Å²) in [6.07, 6.45) is 6.88. The van der Waals surface area contributed by atoms with Crippen LogP contribution in [0.5, 0.6) is 0 Å². The molecular weight excluding hydrogens is 312 g/mol. The van der Waals surface area contributed by atoms with Crippen LogP contribution in [-0.2, 0) is 4.74 Å². The molecule has 0 aromatic carbocycles. The van der Waals surface area contributed by atoms with E-state index in [-0.39, 0.29) is 35.0 Å². The second kappa shape index (κ2) is 6.35. The second-order valence-electron chi connectivity index (χ2n) is 6.47. The first kappa shape index (κ1) is 16.6. The summed E-state index contributed by atoms with van der Waals surface area (Å²) < 4.78 is 5.81. The predicted octanol–water partition coefficient (Wildman–Crippen LogP) is 2.80. The fourth-order valence-corrected chi connectivity index (χ4v) is 3.93. The molecule has 8 heteroatoms. The molecule has 1 aromatic rings. The molecule has 3 rings (SSSR count). The Hall–Kier alpha value is -2.22. The first-order valence-corrected chi connectivity index (χ1v) is 8.23. The molecule has 1 spiro atoms. The highest BCUT2D eigenvalue weighted by Gasteiger charge is 2.60. The van der Waals surface area contributed by atoms with Crippen molar-refractivity contribution in [2.75, 3.05) is 19.0 Å². The van der Waals surface area contributed by atoms with Crippen LogP contribution >= 0.6 is 0 Å². The largest absolute Gasteiger partial charge is 0.378 e. The Morgan fingerprint density at radius 3 is 2.92 bits per heavy atom. The van der Waals surface area contributed by atoms with Crippen molar-refractivity contribution >= 4 is 17.4 Å². The lowest BCUT2D eigenvalue weighted by molar-refractivity contribution is -0.384. The number of nitrogens with one attached hydrogen (secondary N) is 1. The first-order valence-electron chi connectivity index (χ1n) is 8.23. The normalized spacial score (nSPS) is 23.9. The van der Waals surface area contributed by atoms with Crippen LogP contribution in [0, 0.1) is 15.5 Å². The van der Waals surface area contributed by atoms with Gasteiger partial charge >= 0.3 is 11.7 Å². The number of nitrogens with zero attached hydrogens (tertiary/aromatic N) is 3. The Labute approximate surface area is 140 Å². The van der Waals surface area contributed by atoms with E-state index in [9.17, 15) is 14.9 Å². The molecule has 0 unspecified atom stereocenters. The molecule has 1 N–H and O–H groups in total. The molecule has 1 aromatic heterocycles. The summed E-state index contributed by atoms with van der Waals surface area (Å²) in [7, 11) is 1.75. The van der Waals surface area contributed by atoms with Gasteiger partial charge in [0.2, 0.25) is 0 Å². The minimum Gasteiger partial charge on any atom is -0.378 e. The average molecular weight is 334 g/mol. The van der Waals surface area contributed by atoms with E-state index < -0.39 is 4.92 Å². The molecule has 2 atom stereocenters. The van der Waals surface area contributed by atoms with Crippen molar-refractivity contribution in [1.82, 2.24) is 9.88 Å². The van der Waals surface area contributed by atoms with Crippen LogP contribution in [0.2, 0.25) is 0 Å². The number of amides is 2. The number of carbonyl (C=O) groups excluding carboxylic acids is 1. The summed E-state index contributed by atoms with van der Waals surface area (Å²) in [4.78, 5) is 28.4. The van der Waals surface area contributed by atoms with E-state index in [0.717, 1.165) is 31.9 Å². The molecule has 0 aliphatic heterocycles. The van der Waals surface area contributed by atoms with Gasteiger partial charge in [-0.2, -0.15) is 0 Å². The number of nitro groups is 1. The van der Waals surface area contributed by atoms with Gasteiger partial charge in [-0.1, -0.05) is 6.42 Å². The van der Waals surface area contributed by atoms with Crippen molar-refractivity contribution in [3.8, 4) is 0 Å². The lowest BCUT2D eigenvalue weighted by atomic mass is 9.50. The van der Waals surface area contributed by atoms with Gasteiger partial charge in [0.25, 0.3) is 0 Å². The Morgan fingerprint density at radius 1 is 1.58 bits per heavy atom. The molecule has 0 bridgehead atoms. The van der Waals surface area contributed by atoms with E-state index in [1.54, 1.807) is 11.9 Å². The van der Waals surface area contributed by atoms with Crippen LogP contribution < -0.4 is 5.32 Å². The third-order valence-corrected chi connectivity index (χ3v) is 5.42. The van der Waals surface area contributed by atoms with Gasteiger partial charge in [-0.05, 0) is 32.3 Å². The summed E-state index contributed by atoms with van der Waals surface area (Å²) in [5.41, 5.74) is 0.0142. The van der Waals surface area contributed by atoms with Crippen molar-refractivity contribution in [2.24, 2.45) is 5.41 Å². The first-order chi connectivity index (χ1) is 11.5. The number of aromatic nitrogens is 1. The van der Waals surface area contributed by atoms with Gasteiger partial charge in [0.15, 0.2) is 0 Å². The van der Waals surface area contributed by atoms with Crippen LogP contribution in [-0.4, -0.2) is 46.6 Å². The highest BCUT2D eigenvalue weighted by atomic mass is 16.6. The zero-order chi connectivity index (χ0) is 17.3. The smallest absolute Gasteiger partial charge is 0.322 e. The second-order valence-corrected chi connectivity index (χ2v) is 6.47. The van der Waals surface area contributed by atoms with Gasteiger partial charge in [0, 0.05) is 31.3 Å². The lowest BCUT2D eigenvalue weighted by Gasteiger charge is -2.63. The Kier molecular flexibility index (Phi) is 4.40. The van der Waals surface area contributed by atoms with Crippen LogP contribution in [0.3, 0.4) is 0 Å². The summed E-state index contributed by atoms with van der Waals surface area (Å²) in [5, 5.41) is 13.7. The van der Waals surface area contributed by atoms with Crippen molar-refractivity contribution in [2.45, 2.75) is 44.8 Å². The van der Waals surface area contributed by atoms with Crippen LogP contribution in [0.15, 0.2) is 18.5 Å². The molecule has 1 heterocycles. The maximum absolute atomic E-state index is 12.5. The molecule has 2 amide bonds. The fraction of sp³-hybridized carbons (Fsp3) is 0.625. The molecule has 130 valence electrons. The third kappa shape index (κ3) is 2.60. The molecule has 2 aliphatic rings. The SMILES string of the molecule is CCO[C@@H]1C[C@H](N(C)C(=O)Nc2ccncc2[N+](=O)[O-])C12CCC2. The number of ether oxygens (including phenoxy) is 1. The Balaban J connectivity index is 1.69. The number of carbonyl (C=O) groups is 1. The van der Waals surface area contributed by atoms with Crippen LogP contribution in [0.25, 0.3) is 0 Å². The van der Waals surface area contributed by atoms with Crippen LogP contribution in [0.1, 0.15) is 32.6 Å². The number of anilines is 1. The number of hydrogen-bond acceptors (Lipinski definition) is 5. The van der Waals surface area contributed by atoms with Gasteiger partial charge in [-0.25, -0.2) is 4.79 Å². The predicted molar refractivity (Wildman–Crippen MR) is 87.8 cm³/mol. The molecule has 2 saturated carbocycles. The molecule has 2 aliphatic carbocycles. The number of rotatable bonds is 5. The van der Waals surface area contributed by atoms with Gasteiger partial charge in [0.05, 0.1) is 11.0 Å². The number of urea groups is 1. The zero-order valence-electron chi connectivity index (χ0n) is 13.9. The maximum atomic E-state index is 12.5. The minimum absolute atomic E-state index is 0.0618. The Morgan fingerprint density at radius 2 is 2.33 bits per heavy atom. The summed E-state index contributed by atoms with van der Waals surface area (Å²) >= 11 is 0. The van der Waals surface area contributed by atoms with E-state index in [1.165, 1.54) is 12.3 Å². The van der Waals surface area contributed by atoms with E-state index in [4.69, 9.17) is 4.74 Å². The molecule has 8 nitrogen and oxygen atoms in total. The summed E-state index contributed by atoms with van der Waals surface area (Å²) in [5.74, 6) is 0. The van der Waals surface area contributed by atoms with Crippen molar-refractivity contribution in [1.29, 1.82) is 0 Å². The maximum Gasteiger partial charge on any atom is 0.322 e. The summed E-state index contributed by atoms with van der Waals surface area (Å²) in [6, 6.07) is 1.21. The van der Waals surface area contributed by atoms with E-state index in [1.807, 2.05) is 6.92 Å². The molecule has 24 heavy (non-hydrogen) atoms. The quantitative estimate of drug-likeness (QED) is 0.659. The van der Waals surface area contributed by atoms with Crippen LogP contribution in [0.4, 0.5) is 16.2 Å². The summed E-state index contributed by atoms with van der Waals surface area (Å²) in [6.45, 7) is 2.66. The molecule has 0 radical (unpaired) electrons. The average Bonchev–Trinajstić information content (AvgIpc) is 2.49. The van der Waals surface area contributed by atoms with Gasteiger partial charge in [-0.15, -0.1) is 0 Å². The van der Waals surface area contributed by atoms with E-state index in [0.29, 0.717) is 6.61 Å². The fourth-order valence-electron chi connectivity index (χ4n) is 3.93. The van der Waals surface area contributed by atoms with E-state index >= 15 is 0 Å². The topological polar surface area (TPSA) is 97.6 Å². The molecule has 0 saturated heterocycles. The van der Waals surface area contributed by atoms with Crippen molar-refractivity contribution in [3.05, 3.63) is 28.6 Å². The highest BCUT2D eigenvalue weighted by Crippen LogP contribution is 2.58. The lowest BCUT2D eigenvalue weighted by Crippen LogP contribution is -2.68. The third-order valence-electron chi connectivity index (χ3n) is 5.42. The molecule has 2 fully saturated rings. The highest BCUT2D eigenvalue weighted by molar-refractivity contribution is 5.91. The van der Waals surface area contributed by atoms with Gasteiger partial charge in [0.1, 0.15) is 11.9 Å². The zero-order valence-corrected chi connectivity index (χ0v) is 13.9. The standard InChI is InChI=1S/C16H22N4O4/c1-3-24-14-9-13(16(14)6-4-7-16)19(2)15(21)18-11-5-8-17-10-12(11)20(22)23/h5,8,10,13-14H,3-4,6-7,9H2,1-2H3,(H,17,18,21)/t13-,14+/m0/s1. The Bertz CT molecular complexity index is 647.